The predicted octanol–water partition coefficient (Wildman–Crippen LogP) is 0.877. The minimum atomic E-state index is -1.29. The quantitative estimate of drug-likeness (QED) is 0.717. The minimum absolute atomic E-state index is 0.181. The lowest BCUT2D eigenvalue weighted by molar-refractivity contribution is 0.0689. The van der Waals surface area contributed by atoms with Crippen molar-refractivity contribution >= 4 is 29.2 Å². The summed E-state index contributed by atoms with van der Waals surface area (Å²) in [7, 11) is 0. The van der Waals surface area contributed by atoms with Crippen molar-refractivity contribution in [2.75, 3.05) is 0 Å². The Kier molecular flexibility index (Phi) is 2.21. The Balaban J connectivity index is 3.20. The second-order valence-electron chi connectivity index (χ2n) is 1.53. The highest BCUT2D eigenvalue weighted by atomic mass is 35.5. The van der Waals surface area contributed by atoms with Crippen LogP contribution in [0.5, 0.6) is 0 Å². The van der Waals surface area contributed by atoms with Gasteiger partial charge < -0.3 is 5.11 Å². The Morgan fingerprint density at radius 2 is 2.00 bits per heavy atom. The lowest BCUT2D eigenvalue weighted by atomic mass is 10.5. The number of halogens is 2. The van der Waals surface area contributed by atoms with Crippen LogP contribution in [0.25, 0.3) is 0 Å². The zero-order valence-electron chi connectivity index (χ0n) is 4.95. The zero-order valence-corrected chi connectivity index (χ0v) is 6.46. The summed E-state index contributed by atoms with van der Waals surface area (Å²) in [6.45, 7) is 0. The van der Waals surface area contributed by atoms with Crippen LogP contribution in [-0.4, -0.2) is 26.3 Å². The molecule has 1 rings (SSSR count). The van der Waals surface area contributed by atoms with E-state index in [-0.39, 0.29) is 10.4 Å². The number of nitrogens with zero attached hydrogens (tertiary/aromatic N) is 3. The molecule has 0 atom stereocenters. The van der Waals surface area contributed by atoms with Crippen LogP contribution in [0.3, 0.4) is 0 Å². The number of aromatic nitrogens is 3. The Morgan fingerprint density at radius 1 is 1.36 bits per heavy atom. The predicted molar refractivity (Wildman–Crippen MR) is 36.8 cm³/mol. The van der Waals surface area contributed by atoms with E-state index in [4.69, 9.17) is 28.3 Å². The number of hydrogen-bond donors (Lipinski definition) is 1. The van der Waals surface area contributed by atoms with Crippen LogP contribution in [-0.2, 0) is 0 Å². The minimum Gasteiger partial charge on any atom is -0.476 e. The molecular formula is C4HCl2N3O2. The number of hydrogen-bond acceptors (Lipinski definition) is 4. The van der Waals surface area contributed by atoms with E-state index in [1.54, 1.807) is 0 Å². The van der Waals surface area contributed by atoms with Gasteiger partial charge in [-0.25, -0.2) is 9.78 Å². The van der Waals surface area contributed by atoms with Crippen LogP contribution in [0.2, 0.25) is 10.4 Å². The topological polar surface area (TPSA) is 76.0 Å². The van der Waals surface area contributed by atoms with E-state index in [1.807, 2.05) is 0 Å². The second kappa shape index (κ2) is 2.98. The molecule has 0 radical (unpaired) electrons. The van der Waals surface area contributed by atoms with Gasteiger partial charge in [-0.15, -0.1) is 10.2 Å². The van der Waals surface area contributed by atoms with Crippen molar-refractivity contribution in [2.24, 2.45) is 0 Å². The average molecular weight is 194 g/mol. The fourth-order valence-electron chi connectivity index (χ4n) is 0.420. The molecule has 7 heteroatoms. The number of rotatable bonds is 1. The van der Waals surface area contributed by atoms with Crippen molar-refractivity contribution in [1.29, 1.82) is 0 Å². The normalized spacial score (nSPS) is 9.64. The van der Waals surface area contributed by atoms with Gasteiger partial charge in [-0.3, -0.25) is 0 Å². The van der Waals surface area contributed by atoms with Gasteiger partial charge in [-0.2, -0.15) is 0 Å². The monoisotopic (exact) mass is 193 g/mol. The van der Waals surface area contributed by atoms with Gasteiger partial charge in [0.15, 0.2) is 5.15 Å². The molecule has 1 heterocycles. The van der Waals surface area contributed by atoms with Gasteiger partial charge in [0.1, 0.15) is 0 Å². The van der Waals surface area contributed by atoms with E-state index in [0.717, 1.165) is 0 Å². The van der Waals surface area contributed by atoms with Crippen molar-refractivity contribution in [3.05, 3.63) is 16.1 Å². The van der Waals surface area contributed by atoms with Gasteiger partial charge in [0.25, 0.3) is 0 Å². The standard InChI is InChI=1S/C4HCl2N3O2/c5-2-1(3(10)11)8-9-4(6)7-2/h(H,10,11). The van der Waals surface area contributed by atoms with Crippen LogP contribution in [0, 0.1) is 0 Å². The summed E-state index contributed by atoms with van der Waals surface area (Å²) in [6.07, 6.45) is 0. The third-order valence-corrected chi connectivity index (χ3v) is 1.24. The first-order valence-corrected chi connectivity index (χ1v) is 3.16. The van der Waals surface area contributed by atoms with Gasteiger partial charge in [0.2, 0.25) is 11.0 Å². The van der Waals surface area contributed by atoms with Crippen molar-refractivity contribution in [2.45, 2.75) is 0 Å². The van der Waals surface area contributed by atoms with E-state index in [0.29, 0.717) is 0 Å². The van der Waals surface area contributed by atoms with E-state index < -0.39 is 11.7 Å². The Labute approximate surface area is 71.0 Å². The number of carboxylic acids is 1. The molecule has 0 aliphatic carbocycles. The maximum absolute atomic E-state index is 10.3. The summed E-state index contributed by atoms with van der Waals surface area (Å²) in [4.78, 5) is 13.6. The molecule has 0 aromatic carbocycles. The average Bonchev–Trinajstić information content (AvgIpc) is 1.85. The maximum atomic E-state index is 10.3. The fraction of sp³-hybridized carbons (Fsp3) is 0. The van der Waals surface area contributed by atoms with Crippen LogP contribution < -0.4 is 0 Å². The summed E-state index contributed by atoms with van der Waals surface area (Å²) in [5.74, 6) is -1.29. The number of aromatic carboxylic acids is 1. The van der Waals surface area contributed by atoms with E-state index >= 15 is 0 Å². The van der Waals surface area contributed by atoms with Gasteiger partial charge in [-0.1, -0.05) is 11.6 Å². The summed E-state index contributed by atoms with van der Waals surface area (Å²) >= 11 is 10.6. The molecule has 1 N–H and O–H groups in total. The smallest absolute Gasteiger partial charge is 0.359 e. The highest BCUT2D eigenvalue weighted by Gasteiger charge is 2.12. The summed E-state index contributed by atoms with van der Waals surface area (Å²) < 4.78 is 0. The van der Waals surface area contributed by atoms with Crippen molar-refractivity contribution in [1.82, 2.24) is 15.2 Å². The van der Waals surface area contributed by atoms with Gasteiger partial charge in [0.05, 0.1) is 0 Å². The Bertz CT molecular complexity index is 303. The highest BCUT2D eigenvalue weighted by molar-refractivity contribution is 6.33. The van der Waals surface area contributed by atoms with Crippen LogP contribution in [0.15, 0.2) is 0 Å². The van der Waals surface area contributed by atoms with Crippen LogP contribution >= 0.6 is 23.2 Å². The van der Waals surface area contributed by atoms with Gasteiger partial charge in [0, 0.05) is 0 Å². The molecule has 0 saturated heterocycles. The van der Waals surface area contributed by atoms with Gasteiger partial charge in [-0.05, 0) is 11.6 Å². The molecule has 0 amide bonds. The molecule has 1 aromatic heterocycles. The van der Waals surface area contributed by atoms with E-state index in [9.17, 15) is 4.79 Å². The van der Waals surface area contributed by atoms with Crippen molar-refractivity contribution < 1.29 is 9.90 Å². The lowest BCUT2D eigenvalue weighted by Gasteiger charge is -1.93. The molecule has 5 nitrogen and oxygen atoms in total. The molecule has 11 heavy (non-hydrogen) atoms. The zero-order chi connectivity index (χ0) is 8.43. The molecule has 0 spiro atoms. The summed E-state index contributed by atoms with van der Waals surface area (Å²) in [5.41, 5.74) is -0.406. The highest BCUT2D eigenvalue weighted by Crippen LogP contribution is 2.10. The fourth-order valence-corrected chi connectivity index (χ4v) is 0.784. The molecular weight excluding hydrogens is 193 g/mol. The second-order valence-corrected chi connectivity index (χ2v) is 2.22. The maximum Gasteiger partial charge on any atom is 0.359 e. The Morgan fingerprint density at radius 3 is 2.45 bits per heavy atom. The molecule has 0 unspecified atom stereocenters. The summed E-state index contributed by atoms with van der Waals surface area (Å²) in [5, 5.41) is 14.3. The molecule has 0 fully saturated rings. The first kappa shape index (κ1) is 8.16. The lowest BCUT2D eigenvalue weighted by Crippen LogP contribution is -2.04. The van der Waals surface area contributed by atoms with Crippen molar-refractivity contribution in [3.63, 3.8) is 0 Å². The van der Waals surface area contributed by atoms with Crippen molar-refractivity contribution in [3.8, 4) is 0 Å². The van der Waals surface area contributed by atoms with Gasteiger partial charge >= 0.3 is 5.97 Å². The SMILES string of the molecule is O=C(O)c1nnc(Cl)nc1Cl. The molecule has 0 aliphatic heterocycles. The van der Waals surface area contributed by atoms with Crippen LogP contribution in [0.4, 0.5) is 0 Å². The first-order valence-electron chi connectivity index (χ1n) is 2.40. The molecule has 0 saturated carbocycles. The first-order chi connectivity index (χ1) is 5.11. The molecule has 1 aromatic rings. The number of carboxylic acid groups (broad SMARTS) is 1. The third kappa shape index (κ3) is 1.75. The van der Waals surface area contributed by atoms with E-state index in [2.05, 4.69) is 15.2 Å². The number of carbonyl (C=O) groups is 1. The molecule has 0 aliphatic rings. The largest absolute Gasteiger partial charge is 0.476 e. The summed E-state index contributed by atoms with van der Waals surface area (Å²) in [6, 6.07) is 0. The third-order valence-electron chi connectivity index (χ3n) is 0.821. The molecule has 58 valence electrons. The van der Waals surface area contributed by atoms with Crippen LogP contribution in [0.1, 0.15) is 10.5 Å². The molecule has 0 bridgehead atoms. The Hall–Kier alpha value is -0.940. The van der Waals surface area contributed by atoms with E-state index in [1.165, 1.54) is 0 Å².